The molecule has 2 rings (SSSR count). The van der Waals surface area contributed by atoms with Crippen LogP contribution in [-0.2, 0) is 0 Å². The van der Waals surface area contributed by atoms with E-state index in [1.54, 1.807) is 17.5 Å². The van der Waals surface area contributed by atoms with E-state index in [0.29, 0.717) is 5.69 Å². The molecule has 0 aliphatic heterocycles. The summed E-state index contributed by atoms with van der Waals surface area (Å²) in [5, 5.41) is 3.40. The Morgan fingerprint density at radius 3 is 2.72 bits per heavy atom. The second-order valence-electron chi connectivity index (χ2n) is 4.32. The third-order valence-electron chi connectivity index (χ3n) is 2.84. The van der Waals surface area contributed by atoms with E-state index in [-0.39, 0.29) is 6.04 Å². The van der Waals surface area contributed by atoms with Gasteiger partial charge < -0.3 is 11.1 Å². The number of nitrogens with one attached hydrogen (secondary N) is 1. The third kappa shape index (κ3) is 2.67. The van der Waals surface area contributed by atoms with Crippen molar-refractivity contribution < 1.29 is 0 Å². The van der Waals surface area contributed by atoms with Crippen LogP contribution < -0.4 is 11.1 Å². The van der Waals surface area contributed by atoms with E-state index in [1.165, 1.54) is 9.75 Å². The van der Waals surface area contributed by atoms with Gasteiger partial charge in [-0.05, 0) is 54.4 Å². The second kappa shape index (κ2) is 5.28. The molecule has 0 radical (unpaired) electrons. The zero-order valence-electron chi connectivity index (χ0n) is 10.6. The van der Waals surface area contributed by atoms with E-state index in [9.17, 15) is 0 Å². The highest BCUT2D eigenvalue weighted by Gasteiger charge is 2.12. The van der Waals surface area contributed by atoms with Crippen molar-refractivity contribution in [2.45, 2.75) is 26.8 Å². The Morgan fingerprint density at radius 2 is 2.11 bits per heavy atom. The van der Waals surface area contributed by atoms with Crippen LogP contribution >= 0.6 is 27.3 Å². The summed E-state index contributed by atoms with van der Waals surface area (Å²) < 4.78 is 0.933. The average molecular weight is 326 g/mol. The molecule has 96 valence electrons. The Kier molecular flexibility index (Phi) is 3.92. The van der Waals surface area contributed by atoms with Crippen LogP contribution in [0.5, 0.6) is 0 Å². The molecule has 5 heteroatoms. The Balaban J connectivity index is 2.22. The fourth-order valence-corrected chi connectivity index (χ4v) is 2.98. The summed E-state index contributed by atoms with van der Waals surface area (Å²) >= 11 is 5.33. The van der Waals surface area contributed by atoms with Crippen LogP contribution in [0.1, 0.15) is 28.3 Å². The number of rotatable bonds is 3. The molecule has 2 heterocycles. The van der Waals surface area contributed by atoms with E-state index in [1.807, 2.05) is 6.92 Å². The topological polar surface area (TPSA) is 50.9 Å². The first-order chi connectivity index (χ1) is 8.49. The van der Waals surface area contributed by atoms with Gasteiger partial charge >= 0.3 is 0 Å². The van der Waals surface area contributed by atoms with E-state index < -0.39 is 0 Å². The van der Waals surface area contributed by atoms with Crippen molar-refractivity contribution in [3.63, 3.8) is 0 Å². The van der Waals surface area contributed by atoms with Crippen LogP contribution in [0.25, 0.3) is 0 Å². The lowest BCUT2D eigenvalue weighted by Gasteiger charge is -2.15. The van der Waals surface area contributed by atoms with Gasteiger partial charge in [-0.25, -0.2) is 4.98 Å². The Bertz CT molecular complexity index is 565. The van der Waals surface area contributed by atoms with E-state index >= 15 is 0 Å². The molecule has 0 aliphatic carbocycles. The third-order valence-corrected chi connectivity index (χ3v) is 5.00. The van der Waals surface area contributed by atoms with Gasteiger partial charge in [-0.2, -0.15) is 0 Å². The summed E-state index contributed by atoms with van der Waals surface area (Å²) in [6.07, 6.45) is 1.69. The fraction of sp³-hybridized carbons (Fsp3) is 0.308. The number of nitrogen functional groups attached to an aromatic ring is 1. The smallest absolute Gasteiger partial charge is 0.141 e. The molecule has 0 aromatic carbocycles. The highest BCUT2D eigenvalue weighted by Crippen LogP contribution is 2.31. The van der Waals surface area contributed by atoms with Crippen LogP contribution in [0.4, 0.5) is 11.5 Å². The van der Waals surface area contributed by atoms with Gasteiger partial charge in [0.25, 0.3) is 0 Å². The van der Waals surface area contributed by atoms with Gasteiger partial charge in [0.2, 0.25) is 0 Å². The zero-order chi connectivity index (χ0) is 13.3. The van der Waals surface area contributed by atoms with E-state index in [2.05, 4.69) is 52.2 Å². The number of thiophene rings is 1. The zero-order valence-corrected chi connectivity index (χ0v) is 13.0. The molecule has 18 heavy (non-hydrogen) atoms. The van der Waals surface area contributed by atoms with Crippen molar-refractivity contribution in [3.8, 4) is 0 Å². The van der Waals surface area contributed by atoms with Crippen molar-refractivity contribution in [1.82, 2.24) is 4.98 Å². The maximum atomic E-state index is 5.82. The van der Waals surface area contributed by atoms with Crippen LogP contribution in [0.15, 0.2) is 22.8 Å². The summed E-state index contributed by atoms with van der Waals surface area (Å²) in [5.41, 5.74) is 7.53. The molecular formula is C13H16BrN3S. The summed E-state index contributed by atoms with van der Waals surface area (Å²) in [4.78, 5) is 6.95. The van der Waals surface area contributed by atoms with Crippen LogP contribution in [-0.4, -0.2) is 4.98 Å². The maximum absolute atomic E-state index is 5.82. The van der Waals surface area contributed by atoms with Crippen molar-refractivity contribution in [2.75, 3.05) is 11.1 Å². The summed E-state index contributed by atoms with van der Waals surface area (Å²) in [5.74, 6) is 0.834. The molecule has 0 bridgehead atoms. The Hall–Kier alpha value is -1.07. The monoisotopic (exact) mass is 325 g/mol. The number of aromatic nitrogens is 1. The van der Waals surface area contributed by atoms with Crippen molar-refractivity contribution in [2.24, 2.45) is 0 Å². The molecule has 1 unspecified atom stereocenters. The molecule has 1 atom stereocenters. The fourth-order valence-electron chi connectivity index (χ4n) is 1.65. The first kappa shape index (κ1) is 13.4. The number of nitrogens with two attached hydrogens (primary N) is 1. The number of nitrogens with zero attached hydrogens (tertiary/aromatic N) is 1. The van der Waals surface area contributed by atoms with E-state index in [4.69, 9.17) is 5.73 Å². The summed E-state index contributed by atoms with van der Waals surface area (Å²) in [6.45, 7) is 6.22. The van der Waals surface area contributed by atoms with Crippen LogP contribution in [0.3, 0.4) is 0 Å². The molecular weight excluding hydrogens is 310 g/mol. The van der Waals surface area contributed by atoms with Crippen LogP contribution in [0.2, 0.25) is 0 Å². The molecule has 3 N–H and O–H groups in total. The van der Waals surface area contributed by atoms with Crippen molar-refractivity contribution in [1.29, 1.82) is 0 Å². The van der Waals surface area contributed by atoms with Gasteiger partial charge in [-0.1, -0.05) is 0 Å². The first-order valence-electron chi connectivity index (χ1n) is 5.72. The van der Waals surface area contributed by atoms with Crippen molar-refractivity contribution in [3.05, 3.63) is 38.1 Å². The molecule has 0 aliphatic rings. The van der Waals surface area contributed by atoms with Gasteiger partial charge in [0.1, 0.15) is 5.82 Å². The first-order valence-corrected chi connectivity index (χ1v) is 7.33. The van der Waals surface area contributed by atoms with Gasteiger partial charge in [0.05, 0.1) is 22.4 Å². The number of hydrogen-bond acceptors (Lipinski definition) is 4. The normalized spacial score (nSPS) is 12.4. The molecule has 0 spiro atoms. The van der Waals surface area contributed by atoms with Crippen LogP contribution in [0, 0.1) is 13.8 Å². The number of halogens is 1. The van der Waals surface area contributed by atoms with Gasteiger partial charge in [-0.3, -0.25) is 0 Å². The molecule has 2 aromatic rings. The Labute approximate surface area is 120 Å². The minimum atomic E-state index is 0.232. The molecule has 0 fully saturated rings. The number of aryl methyl sites for hydroxylation is 1. The molecule has 2 aromatic heterocycles. The van der Waals surface area contributed by atoms with Gasteiger partial charge in [0, 0.05) is 9.75 Å². The lowest BCUT2D eigenvalue weighted by Crippen LogP contribution is -2.08. The summed E-state index contributed by atoms with van der Waals surface area (Å²) in [6, 6.07) is 4.51. The van der Waals surface area contributed by atoms with E-state index in [0.717, 1.165) is 15.9 Å². The quantitative estimate of drug-likeness (QED) is 0.885. The Morgan fingerprint density at radius 1 is 1.39 bits per heavy atom. The number of anilines is 2. The van der Waals surface area contributed by atoms with Gasteiger partial charge in [-0.15, -0.1) is 11.3 Å². The maximum Gasteiger partial charge on any atom is 0.141 e. The highest BCUT2D eigenvalue weighted by molar-refractivity contribution is 9.10. The standard InChI is InChI=1S/C13H16BrN3S/c1-7-4-5-11(18-7)9(3)17-13-12(14)8(2)10(15)6-16-13/h4-6,9H,15H2,1-3H3,(H,16,17). The van der Waals surface area contributed by atoms with Gasteiger partial charge in [0.15, 0.2) is 0 Å². The second-order valence-corrected chi connectivity index (χ2v) is 6.43. The van der Waals surface area contributed by atoms with Crippen molar-refractivity contribution >= 4 is 38.8 Å². The predicted octanol–water partition coefficient (Wildman–Crippen LogP) is 4.28. The lowest BCUT2D eigenvalue weighted by atomic mass is 10.2. The number of hydrogen-bond donors (Lipinski definition) is 2. The average Bonchev–Trinajstić information content (AvgIpc) is 2.77. The molecule has 0 saturated carbocycles. The molecule has 3 nitrogen and oxygen atoms in total. The lowest BCUT2D eigenvalue weighted by molar-refractivity contribution is 0.894. The number of pyridine rings is 1. The SMILES string of the molecule is Cc1ccc(C(C)Nc2ncc(N)c(C)c2Br)s1. The predicted molar refractivity (Wildman–Crippen MR) is 82.2 cm³/mol. The molecule has 0 amide bonds. The minimum absolute atomic E-state index is 0.232. The molecule has 0 saturated heterocycles. The largest absolute Gasteiger partial charge is 0.397 e. The highest BCUT2D eigenvalue weighted by atomic mass is 79.9. The minimum Gasteiger partial charge on any atom is -0.397 e. The summed E-state index contributed by atoms with van der Waals surface area (Å²) in [7, 11) is 0.